The molecule has 7 N–H and O–H groups in total. The Morgan fingerprint density at radius 3 is 1.35 bits per heavy atom. The van der Waals surface area contributed by atoms with Crippen molar-refractivity contribution in [3.63, 3.8) is 0 Å². The van der Waals surface area contributed by atoms with Gasteiger partial charge in [-0.1, -0.05) is 19.3 Å². The molecule has 4 aliphatic carbocycles. The zero-order valence-corrected chi connectivity index (χ0v) is 15.6. The molecule has 4 fully saturated rings. The molecule has 4 rings (SSSR count). The summed E-state index contributed by atoms with van der Waals surface area (Å²) in [5.41, 5.74) is 8.26. The molecule has 4 aliphatic rings. The number of carboxylic acid groups (broad SMARTS) is 1. The molecule has 0 aromatic rings. The summed E-state index contributed by atoms with van der Waals surface area (Å²) in [7, 11) is 0. The van der Waals surface area contributed by atoms with Gasteiger partial charge in [0.2, 0.25) is 0 Å². The van der Waals surface area contributed by atoms with Crippen LogP contribution in [0.5, 0.6) is 0 Å². The molecule has 0 radical (unpaired) electrons. The number of hydrogen-bond acceptors (Lipinski definition) is 4. The van der Waals surface area contributed by atoms with Crippen LogP contribution >= 0.6 is 0 Å². The number of rotatable bonds is 0. The second kappa shape index (κ2) is 11.2. The molecule has 8 heteroatoms. The summed E-state index contributed by atoms with van der Waals surface area (Å²) in [6.45, 7) is 0.972. The van der Waals surface area contributed by atoms with Gasteiger partial charge in [-0.05, 0) is 43.9 Å². The van der Waals surface area contributed by atoms with Crippen molar-refractivity contribution in [2.45, 2.75) is 51.0 Å². The van der Waals surface area contributed by atoms with Gasteiger partial charge in [0.1, 0.15) is 0 Å². The fourth-order valence-corrected chi connectivity index (χ4v) is 4.11. The maximum atomic E-state index is 8.89. The average molecular weight is 509 g/mol. The van der Waals surface area contributed by atoms with Crippen LogP contribution in [0, 0.1) is 17.8 Å². The van der Waals surface area contributed by atoms with Crippen LogP contribution in [0.3, 0.4) is 0 Å². The van der Waals surface area contributed by atoms with E-state index in [0.717, 1.165) is 24.7 Å². The molecule has 0 spiro atoms. The summed E-state index contributed by atoms with van der Waals surface area (Å²) >= 11 is 0. The monoisotopic (exact) mass is 508 g/mol. The molecule has 5 nitrogen and oxygen atoms in total. The van der Waals surface area contributed by atoms with E-state index in [-0.39, 0.29) is 63.7 Å². The van der Waals surface area contributed by atoms with Gasteiger partial charge in [0.15, 0.2) is 0 Å². The zero-order chi connectivity index (χ0) is 11.1. The van der Waals surface area contributed by atoms with Gasteiger partial charge in [-0.25, -0.2) is 0 Å². The minimum absolute atomic E-state index is 0. The number of carbonyl (C=O) groups is 1. The number of hydrogen-bond donors (Lipinski definition) is 2. The van der Waals surface area contributed by atoms with Gasteiger partial charge in [-0.3, -0.25) is 0 Å². The maximum Gasteiger partial charge on any atom is 4.00 e. The molecule has 4 bridgehead atoms. The fraction of sp³-hybridized carbons (Fsp3) is 0.917. The number of halogens is 2. The molecule has 0 amide bonds. The summed E-state index contributed by atoms with van der Waals surface area (Å²) in [6, 6.07) is 0. The van der Waals surface area contributed by atoms with Crippen LogP contribution in [0.1, 0.15) is 45.4 Å². The average Bonchev–Trinajstić information content (AvgIpc) is 1.96. The molecule has 4 saturated carbocycles. The summed E-state index contributed by atoms with van der Waals surface area (Å²) in [5, 5.41) is 8.89. The maximum absolute atomic E-state index is 8.89. The largest absolute Gasteiger partial charge is 4.00 e. The molecule has 0 aliphatic heterocycles. The third kappa shape index (κ3) is 7.58. The van der Waals surface area contributed by atoms with E-state index in [9.17, 15) is 0 Å². The van der Waals surface area contributed by atoms with Gasteiger partial charge < -0.3 is 52.7 Å². The van der Waals surface area contributed by atoms with Crippen LogP contribution in [0.2, 0.25) is 0 Å². The molecular formula is C12H25Cl2N3O2Pt. The van der Waals surface area contributed by atoms with E-state index in [4.69, 9.17) is 15.6 Å². The Morgan fingerprint density at radius 1 is 1.00 bits per heavy atom. The van der Waals surface area contributed by atoms with E-state index in [0.29, 0.717) is 0 Å². The quantitative estimate of drug-likeness (QED) is 0.345. The van der Waals surface area contributed by atoms with Crippen molar-refractivity contribution in [1.82, 2.24) is 12.3 Å². The van der Waals surface area contributed by atoms with Crippen LogP contribution in [0.15, 0.2) is 0 Å². The van der Waals surface area contributed by atoms with Crippen molar-refractivity contribution >= 4 is 5.97 Å². The zero-order valence-electron chi connectivity index (χ0n) is 11.8. The molecule has 0 aromatic carbocycles. The third-order valence-corrected chi connectivity index (χ3v) is 4.04. The van der Waals surface area contributed by atoms with Crippen LogP contribution in [0.4, 0.5) is 0 Å². The van der Waals surface area contributed by atoms with Crippen LogP contribution < -0.4 is 42.2 Å². The van der Waals surface area contributed by atoms with Crippen molar-refractivity contribution in [2.24, 2.45) is 17.8 Å². The van der Waals surface area contributed by atoms with Crippen molar-refractivity contribution in [1.29, 1.82) is 0 Å². The molecule has 0 aromatic heterocycles. The Morgan fingerprint density at radius 2 is 1.20 bits per heavy atom. The predicted molar refractivity (Wildman–Crippen MR) is 65.9 cm³/mol. The first-order valence-corrected chi connectivity index (χ1v) is 5.89. The van der Waals surface area contributed by atoms with Crippen LogP contribution in [0.25, 0.3) is 5.73 Å². The number of nitrogens with one attached hydrogen (secondary N) is 1. The molecule has 0 saturated heterocycles. The van der Waals surface area contributed by atoms with E-state index >= 15 is 0 Å². The van der Waals surface area contributed by atoms with Gasteiger partial charge >= 0.3 is 21.1 Å². The standard InChI is InChI=1S/C10H16N.C2H4O2.2ClH.2H3N.Pt/c11-10-4-7-1-8(5-10)3-9(2-7)6-10;1-2(3)4;;;;;/h7-9,11H,1-6H2;1H3,(H,3,4);2*1H;2*1H3;/q-1;;;;;;+4/p-3. The fourth-order valence-electron chi connectivity index (χ4n) is 4.11. The van der Waals surface area contributed by atoms with Gasteiger partial charge in [0, 0.05) is 5.97 Å². The third-order valence-electron chi connectivity index (χ3n) is 4.04. The van der Waals surface area contributed by atoms with Crippen molar-refractivity contribution < 1.29 is 55.8 Å². The Kier molecular flexibility index (Phi) is 16.1. The second-order valence-corrected chi connectivity index (χ2v) is 5.69. The molecule has 0 heterocycles. The van der Waals surface area contributed by atoms with Gasteiger partial charge in [0.25, 0.3) is 0 Å². The number of carbonyl (C=O) groups excluding carboxylic acids is 1. The van der Waals surface area contributed by atoms with Crippen molar-refractivity contribution in [2.75, 3.05) is 0 Å². The number of carboxylic acids is 1. The summed E-state index contributed by atoms with van der Waals surface area (Å²) in [5.74, 6) is 1.79. The summed E-state index contributed by atoms with van der Waals surface area (Å²) in [4.78, 5) is 8.89. The molecule has 0 atom stereocenters. The Bertz CT molecular complexity index is 244. The summed E-state index contributed by atoms with van der Waals surface area (Å²) in [6.07, 6.45) is 8.12. The normalized spacial score (nSPS) is 34.4. The van der Waals surface area contributed by atoms with E-state index < -0.39 is 5.97 Å². The first-order valence-electron chi connectivity index (χ1n) is 5.89. The number of aliphatic carboxylic acids is 1. The predicted octanol–water partition coefficient (Wildman–Crippen LogP) is -3.91. The Hall–Kier alpha value is 0.618. The Balaban J connectivity index is -0.000000131. The minimum Gasteiger partial charge on any atom is -1.00 e. The molecule has 20 heavy (non-hydrogen) atoms. The second-order valence-electron chi connectivity index (χ2n) is 5.69. The van der Waals surface area contributed by atoms with Crippen molar-refractivity contribution in [3.05, 3.63) is 5.73 Å². The first-order chi connectivity index (χ1) is 6.97. The van der Waals surface area contributed by atoms with Crippen LogP contribution in [-0.4, -0.2) is 11.5 Å². The van der Waals surface area contributed by atoms with E-state index in [1.807, 2.05) is 0 Å². The van der Waals surface area contributed by atoms with E-state index in [1.54, 1.807) is 0 Å². The minimum atomic E-state index is -1.08. The molecular weight excluding hydrogens is 484 g/mol. The SMILES string of the molecule is CC(=O)[O-].N.N.[Cl-].[Cl-].[NH-]C12CC3CC(CC(C3)C1)C2.[Pt+4]. The van der Waals surface area contributed by atoms with Crippen molar-refractivity contribution in [3.8, 4) is 0 Å². The van der Waals surface area contributed by atoms with Gasteiger partial charge in [-0.15, -0.1) is 5.54 Å². The smallest absolute Gasteiger partial charge is 1.00 e. The molecule has 124 valence electrons. The van der Waals surface area contributed by atoms with E-state index in [1.165, 1.54) is 38.5 Å². The van der Waals surface area contributed by atoms with Crippen LogP contribution in [-0.2, 0) is 25.9 Å². The summed E-state index contributed by atoms with van der Waals surface area (Å²) < 4.78 is 0. The first kappa shape index (κ1) is 28.7. The Labute approximate surface area is 148 Å². The molecule has 0 unspecified atom stereocenters. The van der Waals surface area contributed by atoms with Gasteiger partial charge in [0.05, 0.1) is 0 Å². The van der Waals surface area contributed by atoms with E-state index in [2.05, 4.69) is 0 Å². The van der Waals surface area contributed by atoms with Gasteiger partial charge in [-0.2, -0.15) is 0 Å². The topological polar surface area (TPSA) is 134 Å².